The van der Waals surface area contributed by atoms with Gasteiger partial charge in [0.15, 0.2) is 5.65 Å². The van der Waals surface area contributed by atoms with Gasteiger partial charge in [0, 0.05) is 6.20 Å². The highest BCUT2D eigenvalue weighted by Gasteiger charge is 2.12. The molecule has 0 spiro atoms. The number of benzene rings is 1. The highest BCUT2D eigenvalue weighted by molar-refractivity contribution is 5.50. The standard InChI is InChI=1S/C16H18N4O/c1-12-6-5-9-20-15(12)18-16(19-20)17-14(11-21)10-13-7-3-2-4-8-13/h2-9,14,21H,10-11H2,1H3,(H,17,19). The summed E-state index contributed by atoms with van der Waals surface area (Å²) in [5.74, 6) is 0.541. The van der Waals surface area contributed by atoms with Crippen LogP contribution in [-0.4, -0.2) is 32.4 Å². The number of fused-ring (bicyclic) bond motifs is 1. The summed E-state index contributed by atoms with van der Waals surface area (Å²) in [7, 11) is 0. The van der Waals surface area contributed by atoms with Gasteiger partial charge in [0.05, 0.1) is 12.6 Å². The number of nitrogens with one attached hydrogen (secondary N) is 1. The van der Waals surface area contributed by atoms with Crippen LogP contribution in [0, 0.1) is 6.92 Å². The van der Waals surface area contributed by atoms with Gasteiger partial charge in [0.1, 0.15) is 0 Å². The summed E-state index contributed by atoms with van der Waals surface area (Å²) >= 11 is 0. The van der Waals surface area contributed by atoms with Crippen molar-refractivity contribution in [3.05, 3.63) is 59.8 Å². The number of aryl methyl sites for hydroxylation is 1. The zero-order chi connectivity index (χ0) is 14.7. The number of hydrogen-bond donors (Lipinski definition) is 2. The van der Waals surface area contributed by atoms with E-state index >= 15 is 0 Å². The summed E-state index contributed by atoms with van der Waals surface area (Å²) in [5.41, 5.74) is 3.07. The molecule has 5 heteroatoms. The minimum Gasteiger partial charge on any atom is -0.394 e. The summed E-state index contributed by atoms with van der Waals surface area (Å²) < 4.78 is 1.74. The third-order valence-corrected chi connectivity index (χ3v) is 3.44. The number of aliphatic hydroxyl groups is 1. The zero-order valence-electron chi connectivity index (χ0n) is 11.9. The van der Waals surface area contributed by atoms with E-state index in [1.54, 1.807) is 4.52 Å². The second-order valence-corrected chi connectivity index (χ2v) is 5.11. The van der Waals surface area contributed by atoms with Gasteiger partial charge in [0.25, 0.3) is 0 Å². The van der Waals surface area contributed by atoms with Crippen molar-refractivity contribution in [3.63, 3.8) is 0 Å². The van der Waals surface area contributed by atoms with Gasteiger partial charge in [-0.1, -0.05) is 36.4 Å². The van der Waals surface area contributed by atoms with Crippen molar-refractivity contribution in [1.82, 2.24) is 14.6 Å². The number of anilines is 1. The van der Waals surface area contributed by atoms with Crippen molar-refractivity contribution < 1.29 is 5.11 Å². The van der Waals surface area contributed by atoms with Crippen molar-refractivity contribution >= 4 is 11.6 Å². The molecule has 21 heavy (non-hydrogen) atoms. The molecule has 0 aliphatic carbocycles. The Morgan fingerprint density at radius 1 is 1.19 bits per heavy atom. The van der Waals surface area contributed by atoms with E-state index in [1.807, 2.05) is 55.6 Å². The first kappa shape index (κ1) is 13.6. The first-order valence-corrected chi connectivity index (χ1v) is 6.99. The van der Waals surface area contributed by atoms with Gasteiger partial charge >= 0.3 is 0 Å². The molecule has 1 aromatic carbocycles. The Balaban J connectivity index is 1.77. The molecule has 2 N–H and O–H groups in total. The molecule has 0 bridgehead atoms. The maximum absolute atomic E-state index is 9.55. The highest BCUT2D eigenvalue weighted by Crippen LogP contribution is 2.12. The van der Waals surface area contributed by atoms with Gasteiger partial charge in [-0.05, 0) is 30.5 Å². The molecular weight excluding hydrogens is 264 g/mol. The summed E-state index contributed by atoms with van der Waals surface area (Å²) in [4.78, 5) is 4.47. The fraction of sp³-hybridized carbons (Fsp3) is 0.250. The number of nitrogens with zero attached hydrogens (tertiary/aromatic N) is 3. The van der Waals surface area contributed by atoms with Crippen LogP contribution in [0.1, 0.15) is 11.1 Å². The number of hydrogen-bond acceptors (Lipinski definition) is 4. The Kier molecular flexibility index (Phi) is 3.83. The Morgan fingerprint density at radius 3 is 2.71 bits per heavy atom. The second kappa shape index (κ2) is 5.93. The lowest BCUT2D eigenvalue weighted by Crippen LogP contribution is -2.27. The summed E-state index contributed by atoms with van der Waals surface area (Å²) in [6, 6.07) is 13.9. The van der Waals surface area contributed by atoms with Crippen LogP contribution < -0.4 is 5.32 Å². The maximum Gasteiger partial charge on any atom is 0.243 e. The average molecular weight is 282 g/mol. The van der Waals surface area contributed by atoms with Crippen LogP contribution in [0.25, 0.3) is 5.65 Å². The van der Waals surface area contributed by atoms with Gasteiger partial charge in [-0.15, -0.1) is 5.10 Å². The first-order chi connectivity index (χ1) is 10.3. The maximum atomic E-state index is 9.55. The summed E-state index contributed by atoms with van der Waals surface area (Å²) in [5, 5.41) is 17.1. The van der Waals surface area contributed by atoms with Crippen LogP contribution >= 0.6 is 0 Å². The number of aromatic nitrogens is 3. The summed E-state index contributed by atoms with van der Waals surface area (Å²) in [6.07, 6.45) is 2.59. The molecule has 0 saturated carbocycles. The third kappa shape index (κ3) is 3.03. The Bertz CT molecular complexity index is 723. The summed E-state index contributed by atoms with van der Waals surface area (Å²) in [6.45, 7) is 2.03. The molecule has 0 radical (unpaired) electrons. The molecular formula is C16H18N4O. The molecule has 2 heterocycles. The Labute approximate surface area is 123 Å². The minimum absolute atomic E-state index is 0.0312. The molecule has 1 unspecified atom stereocenters. The number of rotatable bonds is 5. The SMILES string of the molecule is Cc1cccn2nc(NC(CO)Cc3ccccc3)nc12. The van der Waals surface area contributed by atoms with Crippen LogP contribution in [0.3, 0.4) is 0 Å². The molecule has 0 aliphatic rings. The van der Waals surface area contributed by atoms with E-state index in [9.17, 15) is 5.11 Å². The molecule has 3 rings (SSSR count). The fourth-order valence-corrected chi connectivity index (χ4v) is 2.34. The molecule has 1 atom stereocenters. The highest BCUT2D eigenvalue weighted by atomic mass is 16.3. The topological polar surface area (TPSA) is 62.5 Å². The normalized spacial score (nSPS) is 12.5. The average Bonchev–Trinajstić information content (AvgIpc) is 2.92. The van der Waals surface area contributed by atoms with Gasteiger partial charge in [-0.3, -0.25) is 0 Å². The lowest BCUT2D eigenvalue weighted by Gasteiger charge is -2.14. The molecule has 0 aliphatic heterocycles. The molecule has 0 amide bonds. The quantitative estimate of drug-likeness (QED) is 0.752. The molecule has 0 fully saturated rings. The molecule has 2 aromatic heterocycles. The number of pyridine rings is 1. The van der Waals surface area contributed by atoms with Crippen molar-refractivity contribution in [2.75, 3.05) is 11.9 Å². The van der Waals surface area contributed by atoms with E-state index in [0.29, 0.717) is 5.95 Å². The zero-order valence-corrected chi connectivity index (χ0v) is 11.9. The molecule has 0 saturated heterocycles. The van der Waals surface area contributed by atoms with E-state index in [2.05, 4.69) is 15.4 Å². The van der Waals surface area contributed by atoms with Crippen molar-refractivity contribution in [2.24, 2.45) is 0 Å². The van der Waals surface area contributed by atoms with E-state index < -0.39 is 0 Å². The third-order valence-electron chi connectivity index (χ3n) is 3.44. The monoisotopic (exact) mass is 282 g/mol. The second-order valence-electron chi connectivity index (χ2n) is 5.11. The van der Waals surface area contributed by atoms with Crippen LogP contribution in [0.5, 0.6) is 0 Å². The Morgan fingerprint density at radius 2 is 2.00 bits per heavy atom. The van der Waals surface area contributed by atoms with Crippen molar-refractivity contribution in [2.45, 2.75) is 19.4 Å². The lowest BCUT2D eigenvalue weighted by atomic mass is 10.1. The fourth-order valence-electron chi connectivity index (χ4n) is 2.34. The van der Waals surface area contributed by atoms with Gasteiger partial charge < -0.3 is 10.4 Å². The van der Waals surface area contributed by atoms with Crippen LogP contribution in [0.4, 0.5) is 5.95 Å². The van der Waals surface area contributed by atoms with E-state index in [-0.39, 0.29) is 12.6 Å². The van der Waals surface area contributed by atoms with Crippen LogP contribution in [-0.2, 0) is 6.42 Å². The Hall–Kier alpha value is -2.40. The van der Waals surface area contributed by atoms with E-state index in [0.717, 1.165) is 17.6 Å². The first-order valence-electron chi connectivity index (χ1n) is 6.99. The van der Waals surface area contributed by atoms with Crippen LogP contribution in [0.15, 0.2) is 48.7 Å². The molecule has 5 nitrogen and oxygen atoms in total. The minimum atomic E-state index is -0.106. The molecule has 108 valence electrons. The van der Waals surface area contributed by atoms with Crippen molar-refractivity contribution in [3.8, 4) is 0 Å². The van der Waals surface area contributed by atoms with Gasteiger partial charge in [-0.2, -0.15) is 4.98 Å². The predicted octanol–water partition coefficient (Wildman–Crippen LogP) is 2.05. The van der Waals surface area contributed by atoms with Gasteiger partial charge in [0.2, 0.25) is 5.95 Å². The van der Waals surface area contributed by atoms with E-state index in [4.69, 9.17) is 0 Å². The predicted molar refractivity (Wildman–Crippen MR) is 82.4 cm³/mol. The molecule has 3 aromatic rings. The van der Waals surface area contributed by atoms with Crippen molar-refractivity contribution in [1.29, 1.82) is 0 Å². The lowest BCUT2D eigenvalue weighted by molar-refractivity contribution is 0.273. The number of aliphatic hydroxyl groups excluding tert-OH is 1. The smallest absolute Gasteiger partial charge is 0.243 e. The van der Waals surface area contributed by atoms with Gasteiger partial charge in [-0.25, -0.2) is 4.52 Å². The van der Waals surface area contributed by atoms with Crippen LogP contribution in [0.2, 0.25) is 0 Å². The van der Waals surface area contributed by atoms with E-state index in [1.165, 1.54) is 5.56 Å². The largest absolute Gasteiger partial charge is 0.394 e.